The number of aromatic nitrogens is 3. The predicted octanol–water partition coefficient (Wildman–Crippen LogP) is 5.35. The van der Waals surface area contributed by atoms with Crippen molar-refractivity contribution in [2.45, 2.75) is 59.2 Å². The summed E-state index contributed by atoms with van der Waals surface area (Å²) in [5, 5.41) is 22.5. The maximum atomic E-state index is 11.0. The molecule has 29 heavy (non-hydrogen) atoms. The van der Waals surface area contributed by atoms with Gasteiger partial charge in [-0.25, -0.2) is 9.97 Å². The summed E-state index contributed by atoms with van der Waals surface area (Å²) in [5.41, 5.74) is 2.86. The Morgan fingerprint density at radius 1 is 1.14 bits per heavy atom. The third-order valence-electron chi connectivity index (χ3n) is 5.24. The van der Waals surface area contributed by atoms with Gasteiger partial charge in [-0.3, -0.25) is 4.98 Å². The number of aliphatic hydroxyl groups is 2. The molecule has 0 fully saturated rings. The van der Waals surface area contributed by atoms with Crippen LogP contribution in [0.1, 0.15) is 63.7 Å². The predicted molar refractivity (Wildman–Crippen MR) is 117 cm³/mol. The van der Waals surface area contributed by atoms with Gasteiger partial charge in [0.15, 0.2) is 5.82 Å². The van der Waals surface area contributed by atoms with Crippen LogP contribution < -0.4 is 0 Å². The van der Waals surface area contributed by atoms with E-state index in [1.54, 1.807) is 26.2 Å². The molecule has 6 heteroatoms. The first kappa shape index (κ1) is 21.6. The van der Waals surface area contributed by atoms with E-state index in [1.165, 1.54) is 0 Å². The zero-order valence-corrected chi connectivity index (χ0v) is 18.3. The van der Waals surface area contributed by atoms with Crippen molar-refractivity contribution in [1.82, 2.24) is 15.0 Å². The van der Waals surface area contributed by atoms with Gasteiger partial charge in [-0.15, -0.1) is 0 Å². The summed E-state index contributed by atoms with van der Waals surface area (Å²) >= 11 is 6.61. The molecule has 2 unspecified atom stereocenters. The fourth-order valence-corrected chi connectivity index (χ4v) is 3.81. The van der Waals surface area contributed by atoms with E-state index in [0.717, 1.165) is 40.4 Å². The van der Waals surface area contributed by atoms with E-state index in [9.17, 15) is 10.2 Å². The molecule has 0 aliphatic carbocycles. The van der Waals surface area contributed by atoms with Crippen LogP contribution in [0.4, 0.5) is 0 Å². The second-order valence-electron chi connectivity index (χ2n) is 8.22. The maximum absolute atomic E-state index is 11.0. The number of pyridine rings is 1. The van der Waals surface area contributed by atoms with Gasteiger partial charge in [-0.1, -0.05) is 37.9 Å². The number of hydrogen-bond acceptors (Lipinski definition) is 5. The van der Waals surface area contributed by atoms with Crippen molar-refractivity contribution in [3.63, 3.8) is 0 Å². The Kier molecular flexibility index (Phi) is 6.22. The smallest absolute Gasteiger partial charge is 0.159 e. The summed E-state index contributed by atoms with van der Waals surface area (Å²) in [6.07, 6.45) is 4.62. The molecule has 0 radical (unpaired) electrons. The first-order valence-corrected chi connectivity index (χ1v) is 10.3. The maximum Gasteiger partial charge on any atom is 0.159 e. The molecule has 0 saturated carbocycles. The first-order chi connectivity index (χ1) is 13.6. The van der Waals surface area contributed by atoms with Gasteiger partial charge >= 0.3 is 0 Å². The normalized spacial score (nSPS) is 14.2. The molecule has 2 N–H and O–H groups in total. The topological polar surface area (TPSA) is 79.1 Å². The van der Waals surface area contributed by atoms with E-state index in [1.807, 2.05) is 32.0 Å². The van der Waals surface area contributed by atoms with Crippen molar-refractivity contribution in [3.8, 4) is 11.1 Å². The summed E-state index contributed by atoms with van der Waals surface area (Å²) in [6.45, 7) is 9.31. The van der Waals surface area contributed by atoms with Crippen LogP contribution >= 0.6 is 11.6 Å². The molecule has 2 heterocycles. The number of halogens is 1. The van der Waals surface area contributed by atoms with Gasteiger partial charge in [0.2, 0.25) is 0 Å². The minimum absolute atomic E-state index is 0.0839. The van der Waals surface area contributed by atoms with E-state index in [-0.39, 0.29) is 5.92 Å². The lowest BCUT2D eigenvalue weighted by Crippen LogP contribution is -2.19. The van der Waals surface area contributed by atoms with Crippen molar-refractivity contribution in [3.05, 3.63) is 52.7 Å². The highest BCUT2D eigenvalue weighted by molar-refractivity contribution is 6.33. The van der Waals surface area contributed by atoms with Crippen molar-refractivity contribution in [2.75, 3.05) is 0 Å². The summed E-state index contributed by atoms with van der Waals surface area (Å²) in [4.78, 5) is 13.2. The second kappa shape index (κ2) is 8.34. The average molecular weight is 414 g/mol. The molecule has 3 rings (SSSR count). The molecule has 0 spiro atoms. The van der Waals surface area contributed by atoms with Crippen LogP contribution in [0.15, 0.2) is 30.6 Å². The number of rotatable bonds is 6. The summed E-state index contributed by atoms with van der Waals surface area (Å²) in [7, 11) is 0. The summed E-state index contributed by atoms with van der Waals surface area (Å²) in [5.74, 6) is 0.451. The van der Waals surface area contributed by atoms with Crippen LogP contribution in [0, 0.1) is 12.8 Å². The van der Waals surface area contributed by atoms with Crippen molar-refractivity contribution >= 4 is 22.5 Å². The molecule has 1 aromatic carbocycles. The number of aliphatic hydroxyl groups excluding tert-OH is 1. The van der Waals surface area contributed by atoms with Crippen LogP contribution in [0.3, 0.4) is 0 Å². The number of aryl methyl sites for hydroxylation is 1. The molecular formula is C23H28ClN3O2. The van der Waals surface area contributed by atoms with E-state index >= 15 is 0 Å². The van der Waals surface area contributed by atoms with Crippen LogP contribution in [0.25, 0.3) is 22.0 Å². The summed E-state index contributed by atoms with van der Waals surface area (Å²) in [6, 6.07) is 5.86. The molecule has 154 valence electrons. The molecule has 0 aliphatic heterocycles. The fraction of sp³-hybridized carbons (Fsp3) is 0.435. The summed E-state index contributed by atoms with van der Waals surface area (Å²) < 4.78 is 0. The minimum Gasteiger partial charge on any atom is -0.388 e. The van der Waals surface area contributed by atoms with Crippen molar-refractivity contribution in [2.24, 2.45) is 5.92 Å². The fourth-order valence-electron chi connectivity index (χ4n) is 3.55. The second-order valence-corrected chi connectivity index (χ2v) is 8.60. The van der Waals surface area contributed by atoms with Crippen LogP contribution in [-0.4, -0.2) is 25.2 Å². The average Bonchev–Trinajstić information content (AvgIpc) is 2.68. The molecule has 0 saturated heterocycles. The Morgan fingerprint density at radius 3 is 2.38 bits per heavy atom. The van der Waals surface area contributed by atoms with E-state index in [2.05, 4.69) is 21.9 Å². The standard InChI is InChI=1S/C23H28ClN3O2/c1-6-7-13(2)21(28)19-17-10-15(8-9-18(17)27-14(3)20(19)24)16-11-25-22(26-12-16)23(4,5)29/h8-13,21,28-29H,6-7H2,1-5H3. The SMILES string of the molecule is CCCC(C)C(O)c1c(Cl)c(C)nc2ccc(-c3cnc(C(C)(C)O)nc3)cc12. The number of benzene rings is 1. The van der Waals surface area contributed by atoms with Crippen LogP contribution in [0.2, 0.25) is 5.02 Å². The highest BCUT2D eigenvalue weighted by atomic mass is 35.5. The van der Waals surface area contributed by atoms with Gasteiger partial charge in [-0.2, -0.15) is 0 Å². The Balaban J connectivity index is 2.13. The van der Waals surface area contributed by atoms with Gasteiger partial charge in [0, 0.05) is 28.9 Å². The molecule has 2 aromatic heterocycles. The molecule has 0 aliphatic rings. The lowest BCUT2D eigenvalue weighted by Gasteiger charge is -2.22. The minimum atomic E-state index is -1.09. The van der Waals surface area contributed by atoms with Gasteiger partial charge in [0.1, 0.15) is 5.60 Å². The Labute approximate surface area is 176 Å². The number of hydrogen-bond donors (Lipinski definition) is 2. The third-order valence-corrected chi connectivity index (χ3v) is 5.72. The van der Waals surface area contributed by atoms with E-state index < -0.39 is 11.7 Å². The Hall–Kier alpha value is -2.08. The molecule has 2 atom stereocenters. The van der Waals surface area contributed by atoms with Crippen LogP contribution in [0.5, 0.6) is 0 Å². The van der Waals surface area contributed by atoms with Crippen molar-refractivity contribution in [1.29, 1.82) is 0 Å². The van der Waals surface area contributed by atoms with Gasteiger partial charge < -0.3 is 10.2 Å². The first-order valence-electron chi connectivity index (χ1n) is 9.96. The Bertz CT molecular complexity index is 1010. The quantitative estimate of drug-likeness (QED) is 0.569. The van der Waals surface area contributed by atoms with Crippen LogP contribution in [-0.2, 0) is 5.60 Å². The lowest BCUT2D eigenvalue weighted by atomic mass is 9.90. The molecule has 0 bridgehead atoms. The zero-order valence-electron chi connectivity index (χ0n) is 17.6. The monoisotopic (exact) mass is 413 g/mol. The lowest BCUT2D eigenvalue weighted by molar-refractivity contribution is 0.0687. The van der Waals surface area contributed by atoms with Gasteiger partial charge in [0.25, 0.3) is 0 Å². The van der Waals surface area contributed by atoms with Gasteiger partial charge in [-0.05, 0) is 50.8 Å². The molecular weight excluding hydrogens is 386 g/mol. The number of fused-ring (bicyclic) bond motifs is 1. The molecule has 3 aromatic rings. The number of nitrogens with zero attached hydrogens (tertiary/aromatic N) is 3. The van der Waals surface area contributed by atoms with Crippen molar-refractivity contribution < 1.29 is 10.2 Å². The zero-order chi connectivity index (χ0) is 21.3. The van der Waals surface area contributed by atoms with E-state index in [4.69, 9.17) is 11.6 Å². The molecule has 0 amide bonds. The van der Waals surface area contributed by atoms with Gasteiger partial charge in [0.05, 0.1) is 22.3 Å². The molecule has 5 nitrogen and oxygen atoms in total. The van der Waals surface area contributed by atoms with E-state index in [0.29, 0.717) is 16.5 Å². The third kappa shape index (κ3) is 4.42. The highest BCUT2D eigenvalue weighted by Gasteiger charge is 2.24. The Morgan fingerprint density at radius 2 is 1.79 bits per heavy atom. The highest BCUT2D eigenvalue weighted by Crippen LogP contribution is 2.38. The largest absolute Gasteiger partial charge is 0.388 e.